The van der Waals surface area contributed by atoms with Crippen LogP contribution in [-0.4, -0.2) is 42.0 Å². The fraction of sp³-hybridized carbons (Fsp3) is 0.333. The maximum atomic E-state index is 11.6. The number of carbonyl (C=O) groups is 1. The van der Waals surface area contributed by atoms with Crippen molar-refractivity contribution in [1.29, 1.82) is 0 Å². The summed E-state index contributed by atoms with van der Waals surface area (Å²) in [6, 6.07) is 14.7. The zero-order chi connectivity index (χ0) is 25.3. The van der Waals surface area contributed by atoms with Gasteiger partial charge in [0.15, 0.2) is 5.52 Å². The molecule has 0 bridgehead atoms. The first-order valence-corrected chi connectivity index (χ1v) is 11.6. The Labute approximate surface area is 204 Å². The summed E-state index contributed by atoms with van der Waals surface area (Å²) in [5, 5.41) is 28.1. The predicted octanol–water partition coefficient (Wildman–Crippen LogP) is 5.32. The van der Waals surface area contributed by atoms with Crippen molar-refractivity contribution in [3.63, 3.8) is 0 Å². The molecule has 0 saturated heterocycles. The predicted molar refractivity (Wildman–Crippen MR) is 134 cm³/mol. The SMILES string of the molecule is CC(C)Oc1nnc(O)c2c1nc(CC(C)(C)C)n2Cc1ccc(-c2ccccc2C(=O)O)cc1. The van der Waals surface area contributed by atoms with Crippen molar-refractivity contribution in [1.82, 2.24) is 19.7 Å². The third-order valence-electron chi connectivity index (χ3n) is 5.50. The number of aromatic hydroxyl groups is 1. The van der Waals surface area contributed by atoms with Crippen LogP contribution in [0.4, 0.5) is 0 Å². The Kier molecular flexibility index (Phi) is 6.47. The van der Waals surface area contributed by atoms with Gasteiger partial charge in [-0.05, 0) is 42.0 Å². The zero-order valence-corrected chi connectivity index (χ0v) is 20.6. The number of ether oxygens (including phenoxy) is 1. The molecule has 0 fully saturated rings. The van der Waals surface area contributed by atoms with Crippen LogP contribution in [0.2, 0.25) is 0 Å². The van der Waals surface area contributed by atoms with E-state index in [-0.39, 0.29) is 23.0 Å². The molecule has 2 heterocycles. The summed E-state index contributed by atoms with van der Waals surface area (Å²) in [6.45, 7) is 10.6. The van der Waals surface area contributed by atoms with Crippen LogP contribution in [0.3, 0.4) is 0 Å². The van der Waals surface area contributed by atoms with Crippen molar-refractivity contribution in [2.24, 2.45) is 5.41 Å². The van der Waals surface area contributed by atoms with E-state index in [2.05, 4.69) is 31.0 Å². The summed E-state index contributed by atoms with van der Waals surface area (Å²) in [5.74, 6) is -0.0676. The molecule has 4 aromatic rings. The molecule has 8 heteroatoms. The summed E-state index contributed by atoms with van der Waals surface area (Å²) in [6.07, 6.45) is 0.557. The summed E-state index contributed by atoms with van der Waals surface area (Å²) in [4.78, 5) is 16.4. The molecule has 182 valence electrons. The Morgan fingerprint density at radius 3 is 2.37 bits per heavy atom. The van der Waals surface area contributed by atoms with E-state index in [0.717, 1.165) is 17.0 Å². The molecule has 2 aromatic carbocycles. The Morgan fingerprint density at radius 1 is 1.06 bits per heavy atom. The van der Waals surface area contributed by atoms with Gasteiger partial charge in [0.25, 0.3) is 11.8 Å². The van der Waals surface area contributed by atoms with Gasteiger partial charge in [0.1, 0.15) is 11.3 Å². The molecule has 0 amide bonds. The quantitative estimate of drug-likeness (QED) is 0.373. The van der Waals surface area contributed by atoms with Crippen LogP contribution in [0.25, 0.3) is 22.2 Å². The molecule has 0 spiro atoms. The van der Waals surface area contributed by atoms with Crippen LogP contribution in [0, 0.1) is 5.41 Å². The Hall–Kier alpha value is -3.94. The largest absolute Gasteiger partial charge is 0.491 e. The van der Waals surface area contributed by atoms with Crippen LogP contribution >= 0.6 is 0 Å². The van der Waals surface area contributed by atoms with Crippen LogP contribution in [0.5, 0.6) is 11.8 Å². The smallest absolute Gasteiger partial charge is 0.336 e. The van der Waals surface area contributed by atoms with Gasteiger partial charge in [-0.2, -0.15) is 0 Å². The van der Waals surface area contributed by atoms with Gasteiger partial charge in [-0.25, -0.2) is 9.78 Å². The lowest BCUT2D eigenvalue weighted by Gasteiger charge is -2.19. The fourth-order valence-electron chi connectivity index (χ4n) is 4.04. The van der Waals surface area contributed by atoms with E-state index in [1.54, 1.807) is 18.2 Å². The van der Waals surface area contributed by atoms with Gasteiger partial charge in [-0.3, -0.25) is 0 Å². The van der Waals surface area contributed by atoms with Crippen molar-refractivity contribution < 1.29 is 19.7 Å². The van der Waals surface area contributed by atoms with E-state index < -0.39 is 5.97 Å². The van der Waals surface area contributed by atoms with Gasteiger partial charge >= 0.3 is 5.97 Å². The molecule has 0 radical (unpaired) electrons. The second-order valence-electron chi connectivity index (χ2n) is 10.1. The minimum atomic E-state index is -0.961. The van der Waals surface area contributed by atoms with Crippen molar-refractivity contribution >= 4 is 17.0 Å². The molecular weight excluding hydrogens is 444 g/mol. The normalized spacial score (nSPS) is 11.8. The third kappa shape index (κ3) is 5.26. The standard InChI is InChI=1S/C27H30N4O4/c1-16(2)35-25-22-23(24(32)29-30-25)31(21(28-22)14-27(3,4)5)15-17-10-12-18(13-11-17)19-8-6-7-9-20(19)26(33)34/h6-13,16H,14-15H2,1-5H3,(H,29,32)(H,33,34). The Balaban J connectivity index is 1.77. The number of aromatic nitrogens is 4. The number of carboxylic acids is 1. The maximum absolute atomic E-state index is 11.6. The highest BCUT2D eigenvalue weighted by atomic mass is 16.5. The number of nitrogens with zero attached hydrogens (tertiary/aromatic N) is 4. The molecule has 2 aromatic heterocycles. The minimum Gasteiger partial charge on any atom is -0.491 e. The highest BCUT2D eigenvalue weighted by Crippen LogP contribution is 2.33. The first-order chi connectivity index (χ1) is 16.5. The summed E-state index contributed by atoms with van der Waals surface area (Å²) < 4.78 is 7.77. The van der Waals surface area contributed by atoms with Crippen LogP contribution in [0.1, 0.15) is 56.4 Å². The number of carboxylic acid groups (broad SMARTS) is 1. The molecule has 0 aliphatic rings. The van der Waals surface area contributed by atoms with Gasteiger partial charge in [-0.1, -0.05) is 63.2 Å². The topological polar surface area (TPSA) is 110 Å². The highest BCUT2D eigenvalue weighted by molar-refractivity contribution is 5.96. The molecule has 8 nitrogen and oxygen atoms in total. The van der Waals surface area contributed by atoms with E-state index in [4.69, 9.17) is 9.72 Å². The monoisotopic (exact) mass is 474 g/mol. The van der Waals surface area contributed by atoms with Crippen LogP contribution in [-0.2, 0) is 13.0 Å². The number of imidazole rings is 1. The molecule has 0 saturated carbocycles. The van der Waals surface area contributed by atoms with E-state index in [1.165, 1.54) is 0 Å². The highest BCUT2D eigenvalue weighted by Gasteiger charge is 2.24. The van der Waals surface area contributed by atoms with Gasteiger partial charge in [0, 0.05) is 13.0 Å². The number of aromatic carboxylic acids is 1. The molecule has 4 rings (SSSR count). The molecular formula is C27H30N4O4. The molecule has 0 aliphatic heterocycles. The second kappa shape index (κ2) is 9.37. The zero-order valence-electron chi connectivity index (χ0n) is 20.6. The lowest BCUT2D eigenvalue weighted by atomic mass is 9.92. The van der Waals surface area contributed by atoms with Gasteiger partial charge in [0.05, 0.1) is 11.7 Å². The average Bonchev–Trinajstić information content (AvgIpc) is 3.13. The maximum Gasteiger partial charge on any atom is 0.336 e. The minimum absolute atomic E-state index is 0.0426. The van der Waals surface area contributed by atoms with Gasteiger partial charge in [-0.15, -0.1) is 10.2 Å². The van der Waals surface area contributed by atoms with Crippen molar-refractivity contribution in [2.45, 2.75) is 53.7 Å². The average molecular weight is 475 g/mol. The van der Waals surface area contributed by atoms with E-state index in [1.807, 2.05) is 48.7 Å². The van der Waals surface area contributed by atoms with Crippen molar-refractivity contribution in [3.05, 3.63) is 65.5 Å². The number of benzene rings is 2. The van der Waals surface area contributed by atoms with E-state index in [9.17, 15) is 15.0 Å². The lowest BCUT2D eigenvalue weighted by molar-refractivity contribution is 0.0697. The number of fused-ring (bicyclic) bond motifs is 1. The molecule has 0 unspecified atom stereocenters. The number of rotatable bonds is 7. The van der Waals surface area contributed by atoms with Crippen molar-refractivity contribution in [2.75, 3.05) is 0 Å². The number of hydrogen-bond acceptors (Lipinski definition) is 6. The van der Waals surface area contributed by atoms with Crippen LogP contribution < -0.4 is 4.74 Å². The van der Waals surface area contributed by atoms with E-state index >= 15 is 0 Å². The summed E-state index contributed by atoms with van der Waals surface area (Å²) in [7, 11) is 0. The summed E-state index contributed by atoms with van der Waals surface area (Å²) >= 11 is 0. The van der Waals surface area contributed by atoms with Crippen LogP contribution in [0.15, 0.2) is 48.5 Å². The first-order valence-electron chi connectivity index (χ1n) is 11.6. The van der Waals surface area contributed by atoms with Crippen molar-refractivity contribution in [3.8, 4) is 22.9 Å². The molecule has 0 aliphatic carbocycles. The Bertz CT molecular complexity index is 1370. The van der Waals surface area contributed by atoms with Gasteiger partial charge in [0.2, 0.25) is 0 Å². The fourth-order valence-corrected chi connectivity index (χ4v) is 4.04. The molecule has 0 atom stereocenters. The first kappa shape index (κ1) is 24.2. The summed E-state index contributed by atoms with van der Waals surface area (Å²) in [5.41, 5.74) is 3.63. The molecule has 2 N–H and O–H groups in total. The van der Waals surface area contributed by atoms with Gasteiger partial charge < -0.3 is 19.5 Å². The lowest BCUT2D eigenvalue weighted by Crippen LogP contribution is -2.15. The second-order valence-corrected chi connectivity index (χ2v) is 10.1. The Morgan fingerprint density at radius 2 is 1.74 bits per heavy atom. The third-order valence-corrected chi connectivity index (χ3v) is 5.50. The molecule has 35 heavy (non-hydrogen) atoms. The van der Waals surface area contributed by atoms with E-state index in [0.29, 0.717) is 35.4 Å². The number of hydrogen-bond donors (Lipinski definition) is 2.